The Morgan fingerprint density at radius 2 is 1.62 bits per heavy atom. The number of para-hydroxylation sites is 1. The zero-order chi connectivity index (χ0) is 14.2. The number of fused-ring (bicyclic) bond motifs is 2. The molecule has 0 aliphatic carbocycles. The number of benzene rings is 3. The van der Waals surface area contributed by atoms with Gasteiger partial charge in [0.25, 0.3) is 0 Å². The summed E-state index contributed by atoms with van der Waals surface area (Å²) < 4.78 is 5.99. The molecule has 0 radical (unpaired) electrons. The van der Waals surface area contributed by atoms with E-state index in [0.717, 1.165) is 27.6 Å². The van der Waals surface area contributed by atoms with Gasteiger partial charge in [0.05, 0.1) is 0 Å². The Labute approximate surface area is 123 Å². The van der Waals surface area contributed by atoms with E-state index in [1.165, 1.54) is 0 Å². The Balaban J connectivity index is 1.84. The van der Waals surface area contributed by atoms with Crippen LogP contribution in [-0.2, 0) is 11.2 Å². The highest BCUT2D eigenvalue weighted by Crippen LogP contribution is 2.35. The smallest absolute Gasteiger partial charge is 0.183 e. The summed E-state index contributed by atoms with van der Waals surface area (Å²) in [6.07, 6.45) is -0.0737. The predicted octanol–water partition coefficient (Wildman–Crippen LogP) is 4.09. The van der Waals surface area contributed by atoms with E-state index in [9.17, 15) is 4.79 Å². The van der Waals surface area contributed by atoms with Crippen molar-refractivity contribution < 1.29 is 9.53 Å². The van der Waals surface area contributed by atoms with Crippen LogP contribution < -0.4 is 4.74 Å². The number of rotatable bonds is 1. The summed E-state index contributed by atoms with van der Waals surface area (Å²) in [6, 6.07) is 21.9. The van der Waals surface area contributed by atoms with Crippen LogP contribution in [-0.4, -0.2) is 5.78 Å². The maximum atomic E-state index is 12.5. The summed E-state index contributed by atoms with van der Waals surface area (Å²) in [6.45, 7) is 0. The van der Waals surface area contributed by atoms with Gasteiger partial charge in [-0.05, 0) is 16.8 Å². The minimum Gasteiger partial charge on any atom is -0.478 e. The molecule has 1 atom stereocenters. The fourth-order valence-corrected chi connectivity index (χ4v) is 2.95. The summed E-state index contributed by atoms with van der Waals surface area (Å²) in [5.74, 6) is 0.931. The van der Waals surface area contributed by atoms with Crippen LogP contribution in [0.2, 0.25) is 0 Å². The molecule has 21 heavy (non-hydrogen) atoms. The molecular formula is C19H14O2. The van der Waals surface area contributed by atoms with Crippen LogP contribution in [0.15, 0.2) is 66.7 Å². The predicted molar refractivity (Wildman–Crippen MR) is 82.5 cm³/mol. The van der Waals surface area contributed by atoms with E-state index in [4.69, 9.17) is 4.74 Å². The summed E-state index contributed by atoms with van der Waals surface area (Å²) >= 11 is 0. The quantitative estimate of drug-likeness (QED) is 0.668. The molecule has 1 heterocycles. The number of carbonyl (C=O) groups excluding carboxylic acids is 1. The Morgan fingerprint density at radius 1 is 0.857 bits per heavy atom. The van der Waals surface area contributed by atoms with Gasteiger partial charge < -0.3 is 4.74 Å². The summed E-state index contributed by atoms with van der Waals surface area (Å²) in [7, 11) is 0. The van der Waals surface area contributed by atoms with Gasteiger partial charge in [-0.15, -0.1) is 0 Å². The van der Waals surface area contributed by atoms with Crippen molar-refractivity contribution >= 4 is 16.6 Å². The van der Waals surface area contributed by atoms with Crippen LogP contribution in [0.4, 0.5) is 0 Å². The molecule has 102 valence electrons. The van der Waals surface area contributed by atoms with Gasteiger partial charge in [0.15, 0.2) is 11.9 Å². The first-order valence-electron chi connectivity index (χ1n) is 7.08. The SMILES string of the molecule is O=C1Cc2ccccc2OC1c1cccc2ccccc12. The molecule has 0 spiro atoms. The minimum absolute atomic E-state index is 0.116. The molecular weight excluding hydrogens is 260 g/mol. The Morgan fingerprint density at radius 3 is 2.57 bits per heavy atom. The number of ketones is 1. The maximum absolute atomic E-state index is 12.5. The van der Waals surface area contributed by atoms with Crippen LogP contribution >= 0.6 is 0 Å². The Bertz CT molecular complexity index is 830. The van der Waals surface area contributed by atoms with E-state index in [2.05, 4.69) is 12.1 Å². The van der Waals surface area contributed by atoms with Gasteiger partial charge >= 0.3 is 0 Å². The lowest BCUT2D eigenvalue weighted by Crippen LogP contribution is -2.25. The Kier molecular flexibility index (Phi) is 2.74. The third-order valence-electron chi connectivity index (χ3n) is 3.98. The minimum atomic E-state index is -0.508. The van der Waals surface area contributed by atoms with Crippen molar-refractivity contribution in [2.24, 2.45) is 0 Å². The maximum Gasteiger partial charge on any atom is 0.183 e. The molecule has 0 saturated heterocycles. The fraction of sp³-hybridized carbons (Fsp3) is 0.105. The highest BCUT2D eigenvalue weighted by molar-refractivity contribution is 5.95. The van der Waals surface area contributed by atoms with E-state index in [0.29, 0.717) is 6.42 Å². The number of hydrogen-bond donors (Lipinski definition) is 0. The van der Waals surface area contributed by atoms with Gasteiger partial charge in [0.1, 0.15) is 5.75 Å². The van der Waals surface area contributed by atoms with E-state index in [1.807, 2.05) is 54.6 Å². The lowest BCUT2D eigenvalue weighted by Gasteiger charge is -2.26. The van der Waals surface area contributed by atoms with Crippen molar-refractivity contribution in [2.75, 3.05) is 0 Å². The first kappa shape index (κ1) is 12.2. The molecule has 1 unspecified atom stereocenters. The van der Waals surface area contributed by atoms with Crippen molar-refractivity contribution in [1.82, 2.24) is 0 Å². The standard InChI is InChI=1S/C19H14O2/c20-17-12-14-7-2-4-11-18(14)21-19(17)16-10-5-8-13-6-1-3-9-15(13)16/h1-11,19H,12H2. The fourth-order valence-electron chi connectivity index (χ4n) is 2.95. The number of hydrogen-bond acceptors (Lipinski definition) is 2. The van der Waals surface area contributed by atoms with Crippen LogP contribution in [0.25, 0.3) is 10.8 Å². The monoisotopic (exact) mass is 274 g/mol. The zero-order valence-corrected chi connectivity index (χ0v) is 11.5. The lowest BCUT2D eigenvalue weighted by molar-refractivity contribution is -0.126. The van der Waals surface area contributed by atoms with E-state index in [-0.39, 0.29) is 5.78 Å². The molecule has 4 rings (SSSR count). The van der Waals surface area contributed by atoms with Crippen molar-refractivity contribution in [3.63, 3.8) is 0 Å². The van der Waals surface area contributed by atoms with Gasteiger partial charge in [0, 0.05) is 17.5 Å². The highest BCUT2D eigenvalue weighted by atomic mass is 16.5. The zero-order valence-electron chi connectivity index (χ0n) is 11.5. The van der Waals surface area contributed by atoms with Crippen LogP contribution in [0.1, 0.15) is 17.2 Å². The van der Waals surface area contributed by atoms with E-state index in [1.54, 1.807) is 0 Å². The first-order chi connectivity index (χ1) is 10.3. The molecule has 0 saturated carbocycles. The third-order valence-corrected chi connectivity index (χ3v) is 3.98. The van der Waals surface area contributed by atoms with Gasteiger partial charge in [-0.2, -0.15) is 0 Å². The molecule has 0 aromatic heterocycles. The average molecular weight is 274 g/mol. The largest absolute Gasteiger partial charge is 0.478 e. The van der Waals surface area contributed by atoms with Gasteiger partial charge in [-0.25, -0.2) is 0 Å². The van der Waals surface area contributed by atoms with Crippen molar-refractivity contribution in [1.29, 1.82) is 0 Å². The lowest BCUT2D eigenvalue weighted by atomic mass is 9.93. The normalized spacial score (nSPS) is 17.3. The molecule has 3 aromatic carbocycles. The molecule has 0 fully saturated rings. The second-order valence-corrected chi connectivity index (χ2v) is 5.32. The highest BCUT2D eigenvalue weighted by Gasteiger charge is 2.29. The Hall–Kier alpha value is -2.61. The van der Waals surface area contributed by atoms with Crippen molar-refractivity contribution in [3.8, 4) is 5.75 Å². The van der Waals surface area contributed by atoms with Crippen molar-refractivity contribution in [3.05, 3.63) is 77.9 Å². The molecule has 1 aliphatic heterocycles. The molecule has 2 heteroatoms. The number of Topliss-reactive ketones (excluding diaryl/α,β-unsaturated/α-hetero) is 1. The second kappa shape index (κ2) is 4.74. The van der Waals surface area contributed by atoms with Crippen molar-refractivity contribution in [2.45, 2.75) is 12.5 Å². The average Bonchev–Trinajstić information content (AvgIpc) is 2.54. The first-order valence-corrected chi connectivity index (χ1v) is 7.08. The molecule has 1 aliphatic rings. The number of ether oxygens (including phenoxy) is 1. The number of carbonyl (C=O) groups is 1. The molecule has 3 aromatic rings. The molecule has 2 nitrogen and oxygen atoms in total. The third kappa shape index (κ3) is 2.00. The molecule has 0 bridgehead atoms. The van der Waals surface area contributed by atoms with Crippen LogP contribution in [0.3, 0.4) is 0 Å². The molecule has 0 amide bonds. The van der Waals surface area contributed by atoms with E-state index >= 15 is 0 Å². The van der Waals surface area contributed by atoms with Crippen LogP contribution in [0, 0.1) is 0 Å². The van der Waals surface area contributed by atoms with E-state index < -0.39 is 6.10 Å². The van der Waals surface area contributed by atoms with Crippen LogP contribution in [0.5, 0.6) is 5.75 Å². The summed E-state index contributed by atoms with van der Waals surface area (Å²) in [5, 5.41) is 2.21. The second-order valence-electron chi connectivity index (χ2n) is 5.32. The molecule has 0 N–H and O–H groups in total. The summed E-state index contributed by atoms with van der Waals surface area (Å²) in [5.41, 5.74) is 1.92. The van der Waals surface area contributed by atoms with Gasteiger partial charge in [-0.1, -0.05) is 60.7 Å². The van der Waals surface area contributed by atoms with Gasteiger partial charge in [0.2, 0.25) is 0 Å². The summed E-state index contributed by atoms with van der Waals surface area (Å²) in [4.78, 5) is 12.5. The topological polar surface area (TPSA) is 26.3 Å². The van der Waals surface area contributed by atoms with Gasteiger partial charge in [-0.3, -0.25) is 4.79 Å².